The summed E-state index contributed by atoms with van der Waals surface area (Å²) in [6.07, 6.45) is 1.47. The molecule has 0 spiro atoms. The Labute approximate surface area is 116 Å². The van der Waals surface area contributed by atoms with Gasteiger partial charge in [0, 0.05) is 18.8 Å². The van der Waals surface area contributed by atoms with Gasteiger partial charge in [0.15, 0.2) is 6.10 Å². The van der Waals surface area contributed by atoms with E-state index in [2.05, 4.69) is 6.92 Å². The van der Waals surface area contributed by atoms with Crippen LogP contribution in [-0.2, 0) is 14.3 Å². The monoisotopic (exact) mass is 273 g/mol. The van der Waals surface area contributed by atoms with E-state index in [1.54, 1.807) is 0 Å². The first kappa shape index (κ1) is 17.9. The summed E-state index contributed by atoms with van der Waals surface area (Å²) < 4.78 is 5.82. The molecule has 0 bridgehead atoms. The van der Waals surface area contributed by atoms with Crippen molar-refractivity contribution in [2.24, 2.45) is 5.92 Å². The number of hydrogen-bond acceptors (Lipinski definition) is 4. The van der Waals surface area contributed by atoms with Gasteiger partial charge in [-0.25, -0.2) is 0 Å². The molecule has 0 N–H and O–H groups in total. The number of hydrogen-bond donors (Lipinski definition) is 0. The molecule has 2 atom stereocenters. The predicted octanol–water partition coefficient (Wildman–Crippen LogP) is 0.571. The first-order valence-corrected chi connectivity index (χ1v) is 6.83. The normalized spacial score (nSPS) is 14.8. The minimum absolute atomic E-state index is 0.247. The van der Waals surface area contributed by atoms with E-state index in [0.717, 1.165) is 12.8 Å². The molecule has 0 fully saturated rings. The molecule has 0 amide bonds. The average Bonchev–Trinajstić information content (AvgIpc) is 2.12. The minimum Gasteiger partial charge on any atom is -0.550 e. The lowest BCUT2D eigenvalue weighted by Crippen LogP contribution is -2.45. The van der Waals surface area contributed by atoms with Crippen LogP contribution in [0.5, 0.6) is 0 Å². The molecule has 0 aromatic carbocycles. The molecule has 0 aliphatic heterocycles. The molecule has 0 heterocycles. The number of carbonyl (C=O) groups is 2. The Hall–Kier alpha value is -1.10. The van der Waals surface area contributed by atoms with Crippen molar-refractivity contribution in [2.75, 3.05) is 27.7 Å². The zero-order valence-corrected chi connectivity index (χ0v) is 12.8. The molecular weight excluding hydrogens is 246 g/mol. The number of quaternary nitrogens is 1. The Morgan fingerprint density at radius 3 is 2.21 bits per heavy atom. The highest BCUT2D eigenvalue weighted by Crippen LogP contribution is 2.13. The van der Waals surface area contributed by atoms with Gasteiger partial charge in [0.1, 0.15) is 6.54 Å². The predicted molar refractivity (Wildman–Crippen MR) is 71.1 cm³/mol. The number of carboxylic acids is 1. The number of esters is 1. The van der Waals surface area contributed by atoms with Gasteiger partial charge >= 0.3 is 5.97 Å². The van der Waals surface area contributed by atoms with Gasteiger partial charge in [0.2, 0.25) is 0 Å². The molecule has 0 aromatic heterocycles. The van der Waals surface area contributed by atoms with Crippen molar-refractivity contribution < 1.29 is 23.9 Å². The Balaban J connectivity index is 4.38. The second kappa shape index (κ2) is 8.15. The molecule has 0 aliphatic carbocycles. The van der Waals surface area contributed by atoms with E-state index in [1.165, 1.54) is 0 Å². The number of aliphatic carboxylic acids is 1. The molecule has 0 rings (SSSR count). The van der Waals surface area contributed by atoms with Gasteiger partial charge in [-0.15, -0.1) is 0 Å². The third-order valence-electron chi connectivity index (χ3n) is 2.74. The molecule has 0 radical (unpaired) electrons. The number of nitrogens with zero attached hydrogens (tertiary/aromatic N) is 1. The van der Waals surface area contributed by atoms with E-state index in [-0.39, 0.29) is 18.3 Å². The highest BCUT2D eigenvalue weighted by Gasteiger charge is 2.23. The van der Waals surface area contributed by atoms with Crippen LogP contribution >= 0.6 is 0 Å². The molecule has 5 nitrogen and oxygen atoms in total. The maximum Gasteiger partial charge on any atom is 0.306 e. The lowest BCUT2D eigenvalue weighted by atomic mass is 10.0. The van der Waals surface area contributed by atoms with E-state index >= 15 is 0 Å². The van der Waals surface area contributed by atoms with Crippen LogP contribution in [0, 0.1) is 5.92 Å². The average molecular weight is 273 g/mol. The number of carboxylic acid groups (broad SMARTS) is 1. The Morgan fingerprint density at radius 1 is 1.21 bits per heavy atom. The summed E-state index contributed by atoms with van der Waals surface area (Å²) in [5, 5.41) is 10.7. The first-order chi connectivity index (χ1) is 8.64. The van der Waals surface area contributed by atoms with Gasteiger partial charge in [-0.05, 0) is 5.92 Å². The Kier molecular flexibility index (Phi) is 7.68. The van der Waals surface area contributed by atoms with Crippen molar-refractivity contribution in [1.82, 2.24) is 0 Å². The molecular formula is C14H27NO4. The zero-order chi connectivity index (χ0) is 15.1. The third kappa shape index (κ3) is 10.5. The van der Waals surface area contributed by atoms with Gasteiger partial charge in [-0.3, -0.25) is 4.79 Å². The van der Waals surface area contributed by atoms with Crippen LogP contribution in [0.1, 0.15) is 39.5 Å². The van der Waals surface area contributed by atoms with E-state index in [9.17, 15) is 14.7 Å². The van der Waals surface area contributed by atoms with Crippen LogP contribution in [0.4, 0.5) is 0 Å². The third-order valence-corrected chi connectivity index (χ3v) is 2.74. The summed E-state index contributed by atoms with van der Waals surface area (Å²) in [5.41, 5.74) is 0. The minimum atomic E-state index is -1.19. The van der Waals surface area contributed by atoms with Crippen LogP contribution in [0.25, 0.3) is 0 Å². The van der Waals surface area contributed by atoms with E-state index in [0.29, 0.717) is 17.4 Å². The molecule has 2 unspecified atom stereocenters. The van der Waals surface area contributed by atoms with E-state index in [4.69, 9.17) is 4.74 Å². The maximum absolute atomic E-state index is 11.8. The highest BCUT2D eigenvalue weighted by molar-refractivity contribution is 5.71. The van der Waals surface area contributed by atoms with Gasteiger partial charge in [0.05, 0.1) is 21.1 Å². The fourth-order valence-electron chi connectivity index (χ4n) is 2.05. The van der Waals surface area contributed by atoms with E-state index < -0.39 is 12.1 Å². The molecule has 112 valence electrons. The summed E-state index contributed by atoms with van der Waals surface area (Å²) in [6, 6.07) is 0. The van der Waals surface area contributed by atoms with Gasteiger partial charge in [0.25, 0.3) is 0 Å². The van der Waals surface area contributed by atoms with Crippen molar-refractivity contribution in [3.63, 3.8) is 0 Å². The highest BCUT2D eigenvalue weighted by atomic mass is 16.5. The zero-order valence-electron chi connectivity index (χ0n) is 12.8. The molecule has 0 aliphatic rings. The summed E-state index contributed by atoms with van der Waals surface area (Å²) in [7, 11) is 5.78. The topological polar surface area (TPSA) is 66.4 Å². The van der Waals surface area contributed by atoms with Gasteiger partial charge in [-0.2, -0.15) is 0 Å². The molecule has 0 aromatic rings. The van der Waals surface area contributed by atoms with Crippen molar-refractivity contribution in [3.8, 4) is 0 Å². The summed E-state index contributed by atoms with van der Waals surface area (Å²) >= 11 is 0. The van der Waals surface area contributed by atoms with Crippen LogP contribution in [0.15, 0.2) is 0 Å². The fourth-order valence-corrected chi connectivity index (χ4v) is 2.05. The fraction of sp³-hybridized carbons (Fsp3) is 0.857. The number of ether oxygens (including phenoxy) is 1. The number of rotatable bonds is 9. The molecule has 5 heteroatoms. The molecule has 0 saturated heterocycles. The van der Waals surface area contributed by atoms with Crippen molar-refractivity contribution in [1.29, 1.82) is 0 Å². The maximum atomic E-state index is 11.8. The molecule has 19 heavy (non-hydrogen) atoms. The van der Waals surface area contributed by atoms with Crippen LogP contribution in [-0.4, -0.2) is 50.2 Å². The summed E-state index contributed by atoms with van der Waals surface area (Å²) in [5.74, 6) is -1.24. The van der Waals surface area contributed by atoms with Crippen LogP contribution in [0.3, 0.4) is 0 Å². The smallest absolute Gasteiger partial charge is 0.306 e. The largest absolute Gasteiger partial charge is 0.550 e. The van der Waals surface area contributed by atoms with E-state index in [1.807, 2.05) is 28.1 Å². The number of likely N-dealkylation sites (N-methyl/N-ethyl adjacent to an activating group) is 1. The lowest BCUT2D eigenvalue weighted by molar-refractivity contribution is -0.873. The Bertz CT molecular complexity index is 296. The lowest BCUT2D eigenvalue weighted by Gasteiger charge is -2.29. The van der Waals surface area contributed by atoms with Gasteiger partial charge < -0.3 is 19.1 Å². The van der Waals surface area contributed by atoms with Crippen molar-refractivity contribution in [3.05, 3.63) is 0 Å². The standard InChI is InChI=1S/C14H27NO4/c1-6-7-11(2)8-14(18)19-12(9-13(16)17)10-15(3,4)5/h11-12H,6-10H2,1-5H3. The number of carbonyl (C=O) groups excluding carboxylic acids is 2. The van der Waals surface area contributed by atoms with Gasteiger partial charge in [-0.1, -0.05) is 26.7 Å². The quantitative estimate of drug-likeness (QED) is 0.455. The SMILES string of the molecule is CCCC(C)CC(=O)OC(CC(=O)[O-])C[N+](C)(C)C. The summed E-state index contributed by atoms with van der Waals surface area (Å²) in [4.78, 5) is 22.5. The summed E-state index contributed by atoms with van der Waals surface area (Å²) in [6.45, 7) is 4.53. The Morgan fingerprint density at radius 2 is 1.79 bits per heavy atom. The van der Waals surface area contributed by atoms with Crippen molar-refractivity contribution >= 4 is 11.9 Å². The second-order valence-corrected chi connectivity index (χ2v) is 6.26. The molecule has 0 saturated carbocycles. The van der Waals surface area contributed by atoms with Crippen LogP contribution in [0.2, 0.25) is 0 Å². The van der Waals surface area contributed by atoms with Crippen molar-refractivity contribution in [2.45, 2.75) is 45.6 Å². The first-order valence-electron chi connectivity index (χ1n) is 6.83. The second-order valence-electron chi connectivity index (χ2n) is 6.26. The van der Waals surface area contributed by atoms with Crippen LogP contribution < -0.4 is 5.11 Å².